The predicted octanol–water partition coefficient (Wildman–Crippen LogP) is 3.03. The summed E-state index contributed by atoms with van der Waals surface area (Å²) in [6, 6.07) is 8.22. The molecule has 30 heavy (non-hydrogen) atoms. The van der Waals surface area contributed by atoms with Crippen LogP contribution in [0.5, 0.6) is 0 Å². The number of pyridine rings is 1. The summed E-state index contributed by atoms with van der Waals surface area (Å²) in [5.74, 6) is -0.373. The second-order valence-corrected chi connectivity index (χ2v) is 7.40. The summed E-state index contributed by atoms with van der Waals surface area (Å²) < 4.78 is 27.3. The van der Waals surface area contributed by atoms with Gasteiger partial charge in [0.25, 0.3) is 0 Å². The summed E-state index contributed by atoms with van der Waals surface area (Å²) in [6.45, 7) is 1.28. The number of amides is 1. The number of hydrogen-bond donors (Lipinski definition) is 1. The summed E-state index contributed by atoms with van der Waals surface area (Å²) in [7, 11) is 0. The van der Waals surface area contributed by atoms with Crippen LogP contribution in [-0.2, 0) is 17.6 Å². The van der Waals surface area contributed by atoms with Gasteiger partial charge < -0.3 is 10.6 Å². The van der Waals surface area contributed by atoms with Crippen LogP contribution in [0.2, 0.25) is 0 Å². The van der Waals surface area contributed by atoms with Gasteiger partial charge in [0, 0.05) is 43.5 Å². The molecule has 2 N–H and O–H groups in total. The number of nitrogens with two attached hydrogens (primary N) is 1. The third-order valence-electron chi connectivity index (χ3n) is 5.26. The van der Waals surface area contributed by atoms with Gasteiger partial charge in [-0.05, 0) is 42.7 Å². The van der Waals surface area contributed by atoms with Crippen molar-refractivity contribution in [2.24, 2.45) is 5.92 Å². The Hall–Kier alpha value is -3.42. The number of rotatable bonds is 5. The second-order valence-electron chi connectivity index (χ2n) is 7.40. The van der Waals surface area contributed by atoms with E-state index in [9.17, 15) is 13.6 Å². The van der Waals surface area contributed by atoms with Crippen LogP contribution in [0, 0.1) is 17.6 Å². The summed E-state index contributed by atoms with van der Waals surface area (Å²) >= 11 is 0. The summed E-state index contributed by atoms with van der Waals surface area (Å²) in [5.41, 5.74) is 7.22. The number of hydrogen-bond acceptors (Lipinski definition) is 5. The van der Waals surface area contributed by atoms with Gasteiger partial charge >= 0.3 is 0 Å². The van der Waals surface area contributed by atoms with E-state index in [1.807, 2.05) is 0 Å². The van der Waals surface area contributed by atoms with Gasteiger partial charge in [-0.2, -0.15) is 0 Å². The van der Waals surface area contributed by atoms with E-state index < -0.39 is 11.6 Å². The smallest absolute Gasteiger partial charge is 0.228 e. The lowest BCUT2D eigenvalue weighted by Crippen LogP contribution is -2.31. The zero-order valence-corrected chi connectivity index (χ0v) is 16.3. The second kappa shape index (κ2) is 8.52. The lowest BCUT2D eigenvalue weighted by Gasteiger charge is -2.17. The number of nitrogens with zero attached hydrogens (tertiary/aromatic N) is 4. The molecule has 3 heterocycles. The number of carbonyl (C=O) groups excluding carboxylic acids is 1. The largest absolute Gasteiger partial charge is 0.397 e. The van der Waals surface area contributed by atoms with Gasteiger partial charge in [-0.25, -0.2) is 18.7 Å². The van der Waals surface area contributed by atoms with Gasteiger partial charge in [-0.15, -0.1) is 0 Å². The van der Waals surface area contributed by atoms with Crippen LogP contribution in [0.4, 0.5) is 14.5 Å². The van der Waals surface area contributed by atoms with E-state index in [0.29, 0.717) is 36.1 Å². The quantitative estimate of drug-likeness (QED) is 0.700. The first-order chi connectivity index (χ1) is 14.5. The van der Waals surface area contributed by atoms with Gasteiger partial charge in [-0.1, -0.05) is 0 Å². The van der Waals surface area contributed by atoms with Crippen molar-refractivity contribution >= 4 is 11.6 Å². The van der Waals surface area contributed by atoms with E-state index in [2.05, 4.69) is 15.0 Å². The van der Waals surface area contributed by atoms with Crippen LogP contribution in [0.3, 0.4) is 0 Å². The molecule has 0 unspecified atom stereocenters. The lowest BCUT2D eigenvalue weighted by molar-refractivity contribution is -0.129. The topological polar surface area (TPSA) is 85.0 Å². The highest BCUT2D eigenvalue weighted by molar-refractivity contribution is 5.80. The Labute approximate surface area is 172 Å². The van der Waals surface area contributed by atoms with Gasteiger partial charge in [0.2, 0.25) is 5.91 Å². The minimum Gasteiger partial charge on any atom is -0.397 e. The van der Waals surface area contributed by atoms with Crippen LogP contribution >= 0.6 is 0 Å². The fourth-order valence-electron chi connectivity index (χ4n) is 3.68. The Bertz CT molecular complexity index is 1060. The molecule has 0 spiro atoms. The summed E-state index contributed by atoms with van der Waals surface area (Å²) in [6.07, 6.45) is 5.06. The predicted molar refractivity (Wildman–Crippen MR) is 108 cm³/mol. The van der Waals surface area contributed by atoms with Gasteiger partial charge in [0.1, 0.15) is 17.5 Å². The first kappa shape index (κ1) is 19.9. The molecular weight excluding hydrogens is 388 g/mol. The number of nitrogen functional groups attached to an aromatic ring is 1. The van der Waals surface area contributed by atoms with Gasteiger partial charge in [0.05, 0.1) is 23.5 Å². The standard InChI is InChI=1S/C22H21F2N5O/c23-15-2-3-16(17(24)11-15)19-5-4-18(25)20(28-19)12-22(30)29-9-6-14(13-29)10-21-26-7-1-8-27-21/h1-5,7-8,11,14H,6,9-10,12-13,25H2/t14-/m1/s1. The lowest BCUT2D eigenvalue weighted by atomic mass is 10.0. The van der Waals surface area contributed by atoms with Crippen LogP contribution in [0.15, 0.2) is 48.8 Å². The Kier molecular flexibility index (Phi) is 5.65. The molecule has 3 aromatic rings. The zero-order chi connectivity index (χ0) is 21.1. The fourth-order valence-corrected chi connectivity index (χ4v) is 3.68. The highest BCUT2D eigenvalue weighted by Crippen LogP contribution is 2.25. The first-order valence-electron chi connectivity index (χ1n) is 9.74. The molecule has 1 aliphatic rings. The molecule has 1 saturated heterocycles. The molecule has 0 radical (unpaired) electrons. The fraction of sp³-hybridized carbons (Fsp3) is 0.273. The molecule has 1 aromatic carbocycles. The number of halogens is 2. The number of carbonyl (C=O) groups is 1. The van der Waals surface area contributed by atoms with Crippen molar-refractivity contribution in [2.75, 3.05) is 18.8 Å². The third kappa shape index (κ3) is 4.42. The maximum atomic E-state index is 14.1. The molecular formula is C22H21F2N5O. The van der Waals surface area contributed by atoms with Crippen LogP contribution < -0.4 is 5.73 Å². The molecule has 1 atom stereocenters. The first-order valence-corrected chi connectivity index (χ1v) is 9.74. The minimum absolute atomic E-state index is 0.0248. The number of benzene rings is 1. The van der Waals surface area contributed by atoms with Crippen molar-refractivity contribution in [3.8, 4) is 11.3 Å². The molecule has 6 nitrogen and oxygen atoms in total. The molecule has 0 aliphatic carbocycles. The summed E-state index contributed by atoms with van der Waals surface area (Å²) in [4.78, 5) is 27.5. The highest BCUT2D eigenvalue weighted by Gasteiger charge is 2.27. The minimum atomic E-state index is -0.713. The molecule has 1 fully saturated rings. The normalized spacial score (nSPS) is 16.1. The number of aromatic nitrogens is 3. The van der Waals surface area contributed by atoms with Crippen molar-refractivity contribution in [2.45, 2.75) is 19.3 Å². The van der Waals surface area contributed by atoms with Crippen LogP contribution in [0.1, 0.15) is 17.9 Å². The number of likely N-dealkylation sites (tertiary alicyclic amines) is 1. The SMILES string of the molecule is Nc1ccc(-c2ccc(F)cc2F)nc1CC(=O)N1CC[C@H](Cc2ncccn2)C1. The molecule has 2 aromatic heterocycles. The average Bonchev–Trinajstić information content (AvgIpc) is 3.19. The van der Waals surface area contributed by atoms with Crippen LogP contribution in [-0.4, -0.2) is 38.8 Å². The molecule has 4 rings (SSSR count). The number of anilines is 1. The Morgan fingerprint density at radius 1 is 1.17 bits per heavy atom. The molecule has 0 saturated carbocycles. The molecule has 8 heteroatoms. The van der Waals surface area contributed by atoms with E-state index >= 15 is 0 Å². The third-order valence-corrected chi connectivity index (χ3v) is 5.26. The van der Waals surface area contributed by atoms with E-state index in [4.69, 9.17) is 5.73 Å². The average molecular weight is 409 g/mol. The Morgan fingerprint density at radius 3 is 2.73 bits per heavy atom. The van der Waals surface area contributed by atoms with E-state index in [-0.39, 0.29) is 17.9 Å². The van der Waals surface area contributed by atoms with Crippen molar-refractivity contribution in [3.63, 3.8) is 0 Å². The maximum Gasteiger partial charge on any atom is 0.228 e. The van der Waals surface area contributed by atoms with Gasteiger partial charge in [0.15, 0.2) is 0 Å². The van der Waals surface area contributed by atoms with Crippen molar-refractivity contribution in [1.29, 1.82) is 0 Å². The Morgan fingerprint density at radius 2 is 1.97 bits per heavy atom. The Balaban J connectivity index is 1.44. The monoisotopic (exact) mass is 409 g/mol. The maximum absolute atomic E-state index is 14.1. The van der Waals surface area contributed by atoms with Crippen molar-refractivity contribution < 1.29 is 13.6 Å². The molecule has 154 valence electrons. The van der Waals surface area contributed by atoms with Crippen molar-refractivity contribution in [3.05, 3.63) is 71.9 Å². The van der Waals surface area contributed by atoms with Crippen LogP contribution in [0.25, 0.3) is 11.3 Å². The van der Waals surface area contributed by atoms with Crippen molar-refractivity contribution in [1.82, 2.24) is 19.9 Å². The zero-order valence-electron chi connectivity index (χ0n) is 16.3. The highest BCUT2D eigenvalue weighted by atomic mass is 19.1. The molecule has 0 bridgehead atoms. The molecule has 1 aliphatic heterocycles. The van der Waals surface area contributed by atoms with Gasteiger partial charge in [-0.3, -0.25) is 9.78 Å². The molecule has 1 amide bonds. The summed E-state index contributed by atoms with van der Waals surface area (Å²) in [5, 5.41) is 0. The van der Waals surface area contributed by atoms with E-state index in [1.165, 1.54) is 12.1 Å². The van der Waals surface area contributed by atoms with E-state index in [0.717, 1.165) is 24.7 Å². The van der Waals surface area contributed by atoms with E-state index in [1.54, 1.807) is 35.5 Å².